The van der Waals surface area contributed by atoms with Crippen molar-refractivity contribution in [2.45, 2.75) is 13.1 Å². The molecule has 0 bridgehead atoms. The van der Waals surface area contributed by atoms with Gasteiger partial charge in [-0.1, -0.05) is 11.3 Å². The predicted molar refractivity (Wildman–Crippen MR) is 81.8 cm³/mol. The molecule has 7 nitrogen and oxygen atoms in total. The van der Waals surface area contributed by atoms with Gasteiger partial charge in [0.2, 0.25) is 5.13 Å². The molecule has 0 aliphatic heterocycles. The van der Waals surface area contributed by atoms with Crippen molar-refractivity contribution >= 4 is 28.2 Å². The second kappa shape index (κ2) is 6.91. The van der Waals surface area contributed by atoms with E-state index in [0.717, 1.165) is 30.6 Å². The number of carbonyl (C=O) groups is 1. The number of urea groups is 1. The molecule has 0 aliphatic rings. The van der Waals surface area contributed by atoms with Crippen LogP contribution in [0.3, 0.4) is 0 Å². The third-order valence-corrected chi connectivity index (χ3v) is 3.58. The van der Waals surface area contributed by atoms with Crippen LogP contribution in [0.5, 0.6) is 11.5 Å². The molecular weight excluding hydrogens is 349 g/mol. The second-order valence-electron chi connectivity index (χ2n) is 4.46. The number of carbonyl (C=O) groups excluding carboxylic acids is 1. The summed E-state index contributed by atoms with van der Waals surface area (Å²) in [7, 11) is 2.38. The molecule has 1 aromatic carbocycles. The summed E-state index contributed by atoms with van der Waals surface area (Å²) in [6, 6.07) is 1.01. The van der Waals surface area contributed by atoms with Gasteiger partial charge in [0, 0.05) is 6.07 Å². The van der Waals surface area contributed by atoms with Crippen LogP contribution >= 0.6 is 11.3 Å². The molecule has 2 N–H and O–H groups in total. The first-order chi connectivity index (χ1) is 11.2. The molecule has 0 unspecified atom stereocenters. The Morgan fingerprint density at radius 2 is 1.79 bits per heavy atom. The van der Waals surface area contributed by atoms with Crippen molar-refractivity contribution in [1.29, 1.82) is 0 Å². The van der Waals surface area contributed by atoms with Gasteiger partial charge < -0.3 is 14.8 Å². The van der Waals surface area contributed by atoms with E-state index in [1.165, 1.54) is 7.11 Å². The zero-order chi connectivity index (χ0) is 17.9. The average molecular weight is 362 g/mol. The summed E-state index contributed by atoms with van der Waals surface area (Å²) < 4.78 is 48.9. The summed E-state index contributed by atoms with van der Waals surface area (Å²) in [6.07, 6.45) is -4.65. The molecule has 2 aromatic rings. The highest BCUT2D eigenvalue weighted by atomic mass is 32.1. The molecule has 24 heavy (non-hydrogen) atoms. The van der Waals surface area contributed by atoms with Gasteiger partial charge in [-0.15, -0.1) is 10.2 Å². The Kier molecular flexibility index (Phi) is 5.12. The van der Waals surface area contributed by atoms with Gasteiger partial charge in [0.05, 0.1) is 25.5 Å². The first-order valence-corrected chi connectivity index (χ1v) is 7.27. The van der Waals surface area contributed by atoms with Gasteiger partial charge in [-0.25, -0.2) is 4.79 Å². The highest BCUT2D eigenvalue weighted by Crippen LogP contribution is 2.41. The number of aromatic nitrogens is 2. The Morgan fingerprint density at radius 1 is 1.12 bits per heavy atom. The smallest absolute Gasteiger partial charge is 0.420 e. The Labute approximate surface area is 138 Å². The van der Waals surface area contributed by atoms with Crippen LogP contribution in [-0.2, 0) is 6.18 Å². The lowest BCUT2D eigenvalue weighted by Gasteiger charge is -2.17. The molecule has 0 atom stereocenters. The number of anilines is 2. The number of nitrogens with one attached hydrogen (secondary N) is 2. The Bertz CT molecular complexity index is 749. The maximum atomic E-state index is 13.1. The van der Waals surface area contributed by atoms with Crippen molar-refractivity contribution in [3.8, 4) is 11.5 Å². The molecule has 0 fully saturated rings. The van der Waals surface area contributed by atoms with E-state index in [2.05, 4.69) is 20.8 Å². The van der Waals surface area contributed by atoms with Crippen molar-refractivity contribution in [2.75, 3.05) is 24.9 Å². The fourth-order valence-corrected chi connectivity index (χ4v) is 2.40. The highest BCUT2D eigenvalue weighted by molar-refractivity contribution is 7.15. The minimum atomic E-state index is -4.65. The van der Waals surface area contributed by atoms with Crippen molar-refractivity contribution in [3.63, 3.8) is 0 Å². The Hall–Kier alpha value is -2.56. The minimum Gasteiger partial charge on any atom is -0.496 e. The molecule has 2 amide bonds. The van der Waals surface area contributed by atoms with Crippen molar-refractivity contribution in [2.24, 2.45) is 0 Å². The SMILES string of the molecule is COc1cc(OC)c(C(F)(F)F)cc1NC(=O)Nc1nnc(C)s1. The van der Waals surface area contributed by atoms with Gasteiger partial charge in [-0.05, 0) is 13.0 Å². The van der Waals surface area contributed by atoms with E-state index >= 15 is 0 Å². The summed E-state index contributed by atoms with van der Waals surface area (Å²) in [6.45, 7) is 1.70. The topological polar surface area (TPSA) is 85.4 Å². The van der Waals surface area contributed by atoms with Gasteiger partial charge >= 0.3 is 12.2 Å². The number of rotatable bonds is 4. The van der Waals surface area contributed by atoms with Crippen molar-refractivity contribution in [1.82, 2.24) is 10.2 Å². The van der Waals surface area contributed by atoms with Crippen LogP contribution in [0.4, 0.5) is 28.8 Å². The van der Waals surface area contributed by atoms with Crippen LogP contribution in [-0.4, -0.2) is 30.4 Å². The van der Waals surface area contributed by atoms with Crippen LogP contribution in [0.15, 0.2) is 12.1 Å². The molecule has 0 saturated carbocycles. The summed E-state index contributed by atoms with van der Waals surface area (Å²) in [5.74, 6) is -0.395. The maximum Gasteiger partial charge on any atom is 0.420 e. The summed E-state index contributed by atoms with van der Waals surface area (Å²) in [4.78, 5) is 11.9. The van der Waals surface area contributed by atoms with Gasteiger partial charge in [-0.3, -0.25) is 5.32 Å². The van der Waals surface area contributed by atoms with E-state index in [0.29, 0.717) is 5.01 Å². The summed E-state index contributed by atoms with van der Waals surface area (Å²) >= 11 is 1.12. The average Bonchev–Trinajstić information content (AvgIpc) is 2.90. The fraction of sp³-hybridized carbons (Fsp3) is 0.308. The molecule has 11 heteroatoms. The minimum absolute atomic E-state index is 0.0171. The van der Waals surface area contributed by atoms with E-state index < -0.39 is 23.5 Å². The van der Waals surface area contributed by atoms with Crippen LogP contribution in [0.25, 0.3) is 0 Å². The van der Waals surface area contributed by atoms with Gasteiger partial charge in [-0.2, -0.15) is 13.2 Å². The third kappa shape index (κ3) is 4.04. The second-order valence-corrected chi connectivity index (χ2v) is 5.64. The number of ether oxygens (including phenoxy) is 2. The molecule has 130 valence electrons. The molecular formula is C13H13F3N4O3S. The zero-order valence-electron chi connectivity index (χ0n) is 12.8. The van der Waals surface area contributed by atoms with E-state index in [4.69, 9.17) is 9.47 Å². The first kappa shape index (κ1) is 17.8. The molecule has 0 spiro atoms. The standard InChI is InChI=1S/C13H13F3N4O3S/c1-6-19-20-12(24-6)18-11(21)17-8-4-7(13(14,15)16)9(22-2)5-10(8)23-3/h4-5H,1-3H3,(H2,17,18,20,21). The third-order valence-electron chi connectivity index (χ3n) is 2.82. The predicted octanol–water partition coefficient (Wildman–Crippen LogP) is 3.53. The van der Waals surface area contributed by atoms with Crippen molar-refractivity contribution < 1.29 is 27.4 Å². The van der Waals surface area contributed by atoms with Crippen LogP contribution in [0.2, 0.25) is 0 Å². The molecule has 0 radical (unpaired) electrons. The van der Waals surface area contributed by atoms with E-state index in [9.17, 15) is 18.0 Å². The van der Waals surface area contributed by atoms with E-state index in [1.54, 1.807) is 6.92 Å². The van der Waals surface area contributed by atoms with Gasteiger partial charge in [0.25, 0.3) is 0 Å². The van der Waals surface area contributed by atoms with Gasteiger partial charge in [0.15, 0.2) is 0 Å². The number of nitrogens with zero attached hydrogens (tertiary/aromatic N) is 2. The lowest BCUT2D eigenvalue weighted by atomic mass is 10.1. The number of alkyl halides is 3. The lowest BCUT2D eigenvalue weighted by Crippen LogP contribution is -2.20. The van der Waals surface area contributed by atoms with E-state index in [-0.39, 0.29) is 16.6 Å². The van der Waals surface area contributed by atoms with Crippen molar-refractivity contribution in [3.05, 3.63) is 22.7 Å². The highest BCUT2D eigenvalue weighted by Gasteiger charge is 2.35. The number of aryl methyl sites for hydroxylation is 1. The Balaban J connectivity index is 2.29. The molecule has 0 saturated heterocycles. The molecule has 0 aliphatic carbocycles. The van der Waals surface area contributed by atoms with Crippen LogP contribution in [0.1, 0.15) is 10.6 Å². The summed E-state index contributed by atoms with van der Waals surface area (Å²) in [5, 5.41) is 12.9. The monoisotopic (exact) mass is 362 g/mol. The molecule has 1 aromatic heterocycles. The maximum absolute atomic E-state index is 13.1. The fourth-order valence-electron chi connectivity index (χ4n) is 1.82. The van der Waals surface area contributed by atoms with E-state index in [1.807, 2.05) is 0 Å². The molecule has 2 rings (SSSR count). The largest absolute Gasteiger partial charge is 0.496 e. The Morgan fingerprint density at radius 3 is 2.29 bits per heavy atom. The quantitative estimate of drug-likeness (QED) is 0.869. The number of hydrogen-bond acceptors (Lipinski definition) is 6. The first-order valence-electron chi connectivity index (χ1n) is 6.46. The lowest BCUT2D eigenvalue weighted by molar-refractivity contribution is -0.138. The normalized spacial score (nSPS) is 11.1. The number of methoxy groups -OCH3 is 2. The number of benzene rings is 1. The van der Waals surface area contributed by atoms with Gasteiger partial charge in [0.1, 0.15) is 16.5 Å². The number of halogens is 3. The zero-order valence-corrected chi connectivity index (χ0v) is 13.6. The number of hydrogen-bond donors (Lipinski definition) is 2. The number of amides is 2. The summed E-state index contributed by atoms with van der Waals surface area (Å²) in [5.41, 5.74) is -1.20. The van der Waals surface area contributed by atoms with Crippen LogP contribution in [0, 0.1) is 6.92 Å². The molecule has 1 heterocycles. The van der Waals surface area contributed by atoms with Crippen LogP contribution < -0.4 is 20.1 Å².